The minimum atomic E-state index is -0.463. The molecule has 4 heteroatoms. The fourth-order valence-corrected chi connectivity index (χ4v) is 4.51. The number of carbonyl (C=O) groups excluding carboxylic acids is 1. The van der Waals surface area contributed by atoms with Crippen LogP contribution in [0.4, 0.5) is 5.69 Å². The molecule has 1 atom stereocenters. The summed E-state index contributed by atoms with van der Waals surface area (Å²) in [5, 5.41) is 3.30. The lowest BCUT2D eigenvalue weighted by Crippen LogP contribution is -2.51. The summed E-state index contributed by atoms with van der Waals surface area (Å²) in [4.78, 5) is 15.8. The standard InChI is InChI=1S/C23H28N2O2/c26-22(23(13-16-27-17-14-23)19-8-3-1-4-9-19)24-18-21-12-7-15-25(21)20-10-5-2-6-11-20/h1-6,8-11,21H,7,12-18H2,(H,24,26)/t21-/m0/s1. The number of anilines is 1. The molecule has 2 saturated heterocycles. The summed E-state index contributed by atoms with van der Waals surface area (Å²) >= 11 is 0. The van der Waals surface area contributed by atoms with E-state index in [9.17, 15) is 4.79 Å². The van der Waals surface area contributed by atoms with E-state index in [0.29, 0.717) is 25.8 Å². The van der Waals surface area contributed by atoms with E-state index in [0.717, 1.165) is 31.4 Å². The van der Waals surface area contributed by atoms with Crippen molar-refractivity contribution in [1.29, 1.82) is 0 Å². The molecule has 2 aliphatic rings. The van der Waals surface area contributed by atoms with Gasteiger partial charge in [0.2, 0.25) is 5.91 Å². The first-order valence-electron chi connectivity index (χ1n) is 10.0. The smallest absolute Gasteiger partial charge is 0.230 e. The average Bonchev–Trinajstić information content (AvgIpc) is 3.22. The Morgan fingerprint density at radius 2 is 1.70 bits per heavy atom. The molecule has 0 bridgehead atoms. The van der Waals surface area contributed by atoms with Crippen LogP contribution in [0, 0.1) is 0 Å². The number of hydrogen-bond acceptors (Lipinski definition) is 3. The first-order chi connectivity index (χ1) is 13.3. The maximum absolute atomic E-state index is 13.3. The van der Waals surface area contributed by atoms with Gasteiger partial charge in [0.1, 0.15) is 0 Å². The van der Waals surface area contributed by atoms with Gasteiger partial charge < -0.3 is 15.0 Å². The summed E-state index contributed by atoms with van der Waals surface area (Å²) < 4.78 is 5.56. The molecule has 2 fully saturated rings. The molecule has 0 unspecified atom stereocenters. The van der Waals surface area contributed by atoms with Crippen LogP contribution in [-0.4, -0.2) is 38.3 Å². The van der Waals surface area contributed by atoms with Gasteiger partial charge in [-0.1, -0.05) is 48.5 Å². The number of hydrogen-bond donors (Lipinski definition) is 1. The Balaban J connectivity index is 1.47. The molecule has 2 aromatic carbocycles. The molecule has 0 spiro atoms. The Kier molecular flexibility index (Phi) is 5.44. The summed E-state index contributed by atoms with van der Waals surface area (Å²) in [7, 11) is 0. The minimum Gasteiger partial charge on any atom is -0.381 e. The Hall–Kier alpha value is -2.33. The highest BCUT2D eigenvalue weighted by molar-refractivity contribution is 5.88. The summed E-state index contributed by atoms with van der Waals surface area (Å²) in [6, 6.07) is 21.1. The van der Waals surface area contributed by atoms with E-state index in [1.54, 1.807) is 0 Å². The van der Waals surface area contributed by atoms with Crippen molar-refractivity contribution in [2.75, 3.05) is 31.2 Å². The number of benzene rings is 2. The summed E-state index contributed by atoms with van der Waals surface area (Å²) in [6.45, 7) is 3.04. The van der Waals surface area contributed by atoms with Gasteiger partial charge in [0.15, 0.2) is 0 Å². The quantitative estimate of drug-likeness (QED) is 0.883. The van der Waals surface area contributed by atoms with Crippen molar-refractivity contribution in [2.45, 2.75) is 37.1 Å². The van der Waals surface area contributed by atoms with E-state index in [2.05, 4.69) is 46.6 Å². The monoisotopic (exact) mass is 364 g/mol. The van der Waals surface area contributed by atoms with Crippen LogP contribution < -0.4 is 10.2 Å². The molecule has 4 nitrogen and oxygen atoms in total. The van der Waals surface area contributed by atoms with Gasteiger partial charge in [0.05, 0.1) is 5.41 Å². The minimum absolute atomic E-state index is 0.150. The summed E-state index contributed by atoms with van der Waals surface area (Å²) in [5.41, 5.74) is 1.89. The number of ether oxygens (including phenoxy) is 1. The third kappa shape index (κ3) is 3.72. The third-order valence-electron chi connectivity index (χ3n) is 6.07. The predicted molar refractivity (Wildman–Crippen MR) is 108 cm³/mol. The van der Waals surface area contributed by atoms with Gasteiger partial charge in [-0.2, -0.15) is 0 Å². The second-order valence-corrected chi connectivity index (χ2v) is 7.60. The first kappa shape index (κ1) is 18.1. The van der Waals surface area contributed by atoms with Crippen molar-refractivity contribution >= 4 is 11.6 Å². The lowest BCUT2D eigenvalue weighted by molar-refractivity contribution is -0.130. The number of para-hydroxylation sites is 1. The van der Waals surface area contributed by atoms with E-state index >= 15 is 0 Å². The zero-order valence-corrected chi connectivity index (χ0v) is 15.8. The van der Waals surface area contributed by atoms with Crippen LogP contribution in [0.1, 0.15) is 31.2 Å². The Morgan fingerprint density at radius 1 is 1.04 bits per heavy atom. The number of nitrogens with zero attached hydrogens (tertiary/aromatic N) is 1. The highest BCUT2D eigenvalue weighted by atomic mass is 16.5. The van der Waals surface area contributed by atoms with Gasteiger partial charge in [-0.05, 0) is 43.4 Å². The Bertz CT molecular complexity index is 741. The van der Waals surface area contributed by atoms with Crippen molar-refractivity contribution in [3.05, 3.63) is 66.2 Å². The topological polar surface area (TPSA) is 41.6 Å². The van der Waals surface area contributed by atoms with Gasteiger partial charge in [-0.3, -0.25) is 4.79 Å². The Morgan fingerprint density at radius 3 is 2.41 bits per heavy atom. The van der Waals surface area contributed by atoms with Crippen LogP contribution in [0.25, 0.3) is 0 Å². The third-order valence-corrected chi connectivity index (χ3v) is 6.07. The van der Waals surface area contributed by atoms with Gasteiger partial charge in [-0.25, -0.2) is 0 Å². The number of carbonyl (C=O) groups is 1. The second kappa shape index (κ2) is 8.13. The second-order valence-electron chi connectivity index (χ2n) is 7.60. The molecule has 0 saturated carbocycles. The molecule has 4 rings (SSSR count). The highest BCUT2D eigenvalue weighted by Gasteiger charge is 2.41. The fourth-order valence-electron chi connectivity index (χ4n) is 4.51. The maximum atomic E-state index is 13.3. The van der Waals surface area contributed by atoms with E-state index < -0.39 is 5.41 Å². The lowest BCUT2D eigenvalue weighted by atomic mass is 9.73. The van der Waals surface area contributed by atoms with Crippen molar-refractivity contribution in [2.24, 2.45) is 0 Å². The zero-order valence-electron chi connectivity index (χ0n) is 15.8. The molecule has 0 aliphatic carbocycles. The molecule has 1 amide bonds. The van der Waals surface area contributed by atoms with Crippen LogP contribution in [0.2, 0.25) is 0 Å². The Labute approximate surface area is 161 Å². The van der Waals surface area contributed by atoms with Crippen LogP contribution in [0.5, 0.6) is 0 Å². The number of nitrogens with one attached hydrogen (secondary N) is 1. The van der Waals surface area contributed by atoms with Crippen molar-refractivity contribution in [1.82, 2.24) is 5.32 Å². The van der Waals surface area contributed by atoms with E-state index in [1.165, 1.54) is 12.1 Å². The van der Waals surface area contributed by atoms with E-state index in [4.69, 9.17) is 4.74 Å². The summed E-state index contributed by atoms with van der Waals surface area (Å²) in [6.07, 6.45) is 3.79. The lowest BCUT2D eigenvalue weighted by Gasteiger charge is -2.37. The van der Waals surface area contributed by atoms with Gasteiger partial charge in [0.25, 0.3) is 0 Å². The molecule has 2 heterocycles. The van der Waals surface area contributed by atoms with E-state index in [1.807, 2.05) is 24.3 Å². The molecule has 142 valence electrons. The van der Waals surface area contributed by atoms with Crippen molar-refractivity contribution in [3.8, 4) is 0 Å². The molecule has 0 radical (unpaired) electrons. The van der Waals surface area contributed by atoms with Crippen LogP contribution >= 0.6 is 0 Å². The molecular formula is C23H28N2O2. The van der Waals surface area contributed by atoms with Gasteiger partial charge in [-0.15, -0.1) is 0 Å². The van der Waals surface area contributed by atoms with Gasteiger partial charge >= 0.3 is 0 Å². The number of rotatable bonds is 5. The normalized spacial score (nSPS) is 21.8. The average molecular weight is 364 g/mol. The van der Waals surface area contributed by atoms with E-state index in [-0.39, 0.29) is 5.91 Å². The van der Waals surface area contributed by atoms with Crippen LogP contribution in [0.15, 0.2) is 60.7 Å². The number of amides is 1. The largest absolute Gasteiger partial charge is 0.381 e. The predicted octanol–water partition coefficient (Wildman–Crippen LogP) is 3.52. The molecule has 0 aromatic heterocycles. The van der Waals surface area contributed by atoms with Gasteiger partial charge in [0, 0.05) is 38.0 Å². The zero-order chi connectivity index (χ0) is 18.5. The first-order valence-corrected chi connectivity index (χ1v) is 10.0. The summed E-state index contributed by atoms with van der Waals surface area (Å²) in [5.74, 6) is 0.150. The fraction of sp³-hybridized carbons (Fsp3) is 0.435. The van der Waals surface area contributed by atoms with Crippen molar-refractivity contribution < 1.29 is 9.53 Å². The van der Waals surface area contributed by atoms with Crippen LogP contribution in [-0.2, 0) is 14.9 Å². The molecule has 2 aliphatic heterocycles. The highest BCUT2D eigenvalue weighted by Crippen LogP contribution is 2.35. The van der Waals surface area contributed by atoms with Crippen LogP contribution in [0.3, 0.4) is 0 Å². The molecular weight excluding hydrogens is 336 g/mol. The maximum Gasteiger partial charge on any atom is 0.230 e. The van der Waals surface area contributed by atoms with Crippen molar-refractivity contribution in [3.63, 3.8) is 0 Å². The molecule has 27 heavy (non-hydrogen) atoms. The molecule has 1 N–H and O–H groups in total. The molecule has 2 aromatic rings. The SMILES string of the molecule is O=C(NC[C@@H]1CCCN1c1ccccc1)C1(c2ccccc2)CCOCC1.